The zero-order valence-electron chi connectivity index (χ0n) is 7.81. The number of rotatable bonds is 3. The number of amides is 1. The second kappa shape index (κ2) is 5.60. The maximum atomic E-state index is 11.5. The Hall–Kier alpha value is -1.01. The first-order valence-corrected chi connectivity index (χ1v) is 4.76. The van der Waals surface area contributed by atoms with E-state index in [9.17, 15) is 4.79 Å². The molecule has 0 bridgehead atoms. The Balaban J connectivity index is 2.18. The summed E-state index contributed by atoms with van der Waals surface area (Å²) in [6.45, 7) is 2.45. The maximum Gasteiger partial charge on any atom is 0.224 e. The lowest BCUT2D eigenvalue weighted by molar-refractivity contribution is -0.125. The Bertz CT molecular complexity index is 201. The fourth-order valence-electron chi connectivity index (χ4n) is 1.48. The van der Waals surface area contributed by atoms with E-state index in [-0.39, 0.29) is 11.8 Å². The molecule has 3 nitrogen and oxygen atoms in total. The van der Waals surface area contributed by atoms with E-state index < -0.39 is 0 Å². The van der Waals surface area contributed by atoms with E-state index in [1.165, 1.54) is 0 Å². The van der Waals surface area contributed by atoms with Gasteiger partial charge in [0.15, 0.2) is 0 Å². The van der Waals surface area contributed by atoms with E-state index in [4.69, 9.17) is 6.42 Å². The van der Waals surface area contributed by atoms with Gasteiger partial charge in [0.1, 0.15) is 0 Å². The SMILES string of the molecule is C#CCCNC(=O)C1CCCNC1. The summed E-state index contributed by atoms with van der Waals surface area (Å²) < 4.78 is 0. The van der Waals surface area contributed by atoms with Crippen LogP contribution in [0.1, 0.15) is 19.3 Å². The molecule has 1 atom stereocenters. The third-order valence-electron chi connectivity index (χ3n) is 2.24. The molecule has 1 aliphatic rings. The fraction of sp³-hybridized carbons (Fsp3) is 0.700. The molecule has 0 radical (unpaired) electrons. The molecule has 1 fully saturated rings. The van der Waals surface area contributed by atoms with E-state index in [0.717, 1.165) is 25.9 Å². The van der Waals surface area contributed by atoms with Crippen molar-refractivity contribution in [3.63, 3.8) is 0 Å². The van der Waals surface area contributed by atoms with Crippen LogP contribution in [0, 0.1) is 18.3 Å². The van der Waals surface area contributed by atoms with E-state index in [2.05, 4.69) is 16.6 Å². The number of hydrogen-bond acceptors (Lipinski definition) is 2. The maximum absolute atomic E-state index is 11.5. The predicted molar refractivity (Wildman–Crippen MR) is 52.1 cm³/mol. The van der Waals surface area contributed by atoms with Crippen LogP contribution in [0.15, 0.2) is 0 Å². The van der Waals surface area contributed by atoms with Crippen LogP contribution >= 0.6 is 0 Å². The van der Waals surface area contributed by atoms with Crippen molar-refractivity contribution < 1.29 is 4.79 Å². The van der Waals surface area contributed by atoms with Crippen molar-refractivity contribution in [2.24, 2.45) is 5.92 Å². The topological polar surface area (TPSA) is 41.1 Å². The van der Waals surface area contributed by atoms with Crippen molar-refractivity contribution in [2.45, 2.75) is 19.3 Å². The van der Waals surface area contributed by atoms with Crippen molar-refractivity contribution in [3.8, 4) is 12.3 Å². The number of hydrogen-bond donors (Lipinski definition) is 2. The van der Waals surface area contributed by atoms with Crippen LogP contribution < -0.4 is 10.6 Å². The molecule has 1 aliphatic heterocycles. The summed E-state index contributed by atoms with van der Waals surface area (Å²) in [5.41, 5.74) is 0. The first-order valence-electron chi connectivity index (χ1n) is 4.76. The number of nitrogens with one attached hydrogen (secondary N) is 2. The first-order chi connectivity index (χ1) is 6.34. The van der Waals surface area contributed by atoms with Gasteiger partial charge in [0.05, 0.1) is 5.92 Å². The summed E-state index contributed by atoms with van der Waals surface area (Å²) >= 11 is 0. The molecular formula is C10H16N2O. The first kappa shape index (κ1) is 10.1. The van der Waals surface area contributed by atoms with Gasteiger partial charge in [-0.2, -0.15) is 0 Å². The molecule has 0 aliphatic carbocycles. The van der Waals surface area contributed by atoms with Crippen molar-refractivity contribution in [1.82, 2.24) is 10.6 Å². The lowest BCUT2D eigenvalue weighted by Gasteiger charge is -2.21. The highest BCUT2D eigenvalue weighted by Gasteiger charge is 2.19. The van der Waals surface area contributed by atoms with Crippen molar-refractivity contribution >= 4 is 5.91 Å². The summed E-state index contributed by atoms with van der Waals surface area (Å²) in [7, 11) is 0. The van der Waals surface area contributed by atoms with Gasteiger partial charge in [0.25, 0.3) is 0 Å². The number of terminal acetylenes is 1. The molecule has 1 amide bonds. The lowest BCUT2D eigenvalue weighted by atomic mass is 9.99. The van der Waals surface area contributed by atoms with Gasteiger partial charge < -0.3 is 10.6 Å². The molecule has 13 heavy (non-hydrogen) atoms. The molecule has 1 rings (SSSR count). The number of carbonyl (C=O) groups is 1. The third-order valence-corrected chi connectivity index (χ3v) is 2.24. The highest BCUT2D eigenvalue weighted by molar-refractivity contribution is 5.78. The fourth-order valence-corrected chi connectivity index (χ4v) is 1.48. The molecule has 1 saturated heterocycles. The quantitative estimate of drug-likeness (QED) is 0.478. The minimum atomic E-state index is 0.141. The number of piperidine rings is 1. The summed E-state index contributed by atoms with van der Waals surface area (Å²) in [6.07, 6.45) is 7.78. The molecule has 0 aromatic rings. The van der Waals surface area contributed by atoms with E-state index in [1.54, 1.807) is 0 Å². The van der Waals surface area contributed by atoms with Gasteiger partial charge in [0, 0.05) is 19.5 Å². The van der Waals surface area contributed by atoms with Crippen LogP contribution in [0.2, 0.25) is 0 Å². The summed E-state index contributed by atoms with van der Waals surface area (Å²) in [6, 6.07) is 0. The molecule has 0 aromatic carbocycles. The van der Waals surface area contributed by atoms with Gasteiger partial charge in [0.2, 0.25) is 5.91 Å². The molecule has 0 spiro atoms. The molecule has 0 aromatic heterocycles. The van der Waals surface area contributed by atoms with Gasteiger partial charge in [-0.1, -0.05) is 0 Å². The molecule has 0 saturated carbocycles. The zero-order chi connectivity index (χ0) is 9.52. The average molecular weight is 180 g/mol. The molecule has 1 unspecified atom stereocenters. The minimum Gasteiger partial charge on any atom is -0.355 e. The van der Waals surface area contributed by atoms with Gasteiger partial charge in [-0.25, -0.2) is 0 Å². The van der Waals surface area contributed by atoms with Gasteiger partial charge >= 0.3 is 0 Å². The lowest BCUT2D eigenvalue weighted by Crippen LogP contribution is -2.40. The second-order valence-corrected chi connectivity index (χ2v) is 3.29. The average Bonchev–Trinajstić information content (AvgIpc) is 2.19. The molecule has 72 valence electrons. The van der Waals surface area contributed by atoms with Crippen LogP contribution in [0.3, 0.4) is 0 Å². The smallest absolute Gasteiger partial charge is 0.224 e. The largest absolute Gasteiger partial charge is 0.355 e. The molecule has 1 heterocycles. The molecule has 2 N–H and O–H groups in total. The van der Waals surface area contributed by atoms with E-state index in [0.29, 0.717) is 13.0 Å². The van der Waals surface area contributed by atoms with E-state index in [1.807, 2.05) is 0 Å². The predicted octanol–water partition coefficient (Wildman–Crippen LogP) is 0.126. The van der Waals surface area contributed by atoms with E-state index >= 15 is 0 Å². The highest BCUT2D eigenvalue weighted by atomic mass is 16.1. The van der Waals surface area contributed by atoms with Crippen molar-refractivity contribution in [1.29, 1.82) is 0 Å². The third kappa shape index (κ3) is 3.47. The van der Waals surface area contributed by atoms with Crippen LogP contribution in [-0.2, 0) is 4.79 Å². The zero-order valence-corrected chi connectivity index (χ0v) is 7.81. The Kier molecular flexibility index (Phi) is 4.34. The Labute approximate surface area is 79.3 Å². The monoisotopic (exact) mass is 180 g/mol. The Morgan fingerprint density at radius 3 is 3.15 bits per heavy atom. The standard InChI is InChI=1S/C10H16N2O/c1-2-3-7-12-10(13)9-5-4-6-11-8-9/h1,9,11H,3-8H2,(H,12,13). The molecule has 3 heteroatoms. The minimum absolute atomic E-state index is 0.141. The van der Waals surface area contributed by atoms with Crippen LogP contribution in [-0.4, -0.2) is 25.5 Å². The second-order valence-electron chi connectivity index (χ2n) is 3.29. The van der Waals surface area contributed by atoms with Crippen molar-refractivity contribution in [3.05, 3.63) is 0 Å². The Morgan fingerprint density at radius 1 is 1.69 bits per heavy atom. The van der Waals surface area contributed by atoms with Gasteiger partial charge in [-0.3, -0.25) is 4.79 Å². The van der Waals surface area contributed by atoms with Crippen LogP contribution in [0.25, 0.3) is 0 Å². The normalized spacial score (nSPS) is 21.9. The van der Waals surface area contributed by atoms with Gasteiger partial charge in [-0.05, 0) is 19.4 Å². The molecular weight excluding hydrogens is 164 g/mol. The van der Waals surface area contributed by atoms with Crippen molar-refractivity contribution in [2.75, 3.05) is 19.6 Å². The summed E-state index contributed by atoms with van der Waals surface area (Å²) in [4.78, 5) is 11.5. The summed E-state index contributed by atoms with van der Waals surface area (Å²) in [5.74, 6) is 2.78. The Morgan fingerprint density at radius 2 is 2.54 bits per heavy atom. The van der Waals surface area contributed by atoms with Gasteiger partial charge in [-0.15, -0.1) is 12.3 Å². The summed E-state index contributed by atoms with van der Waals surface area (Å²) in [5, 5.41) is 6.04. The van der Waals surface area contributed by atoms with Crippen LogP contribution in [0.5, 0.6) is 0 Å². The number of carbonyl (C=O) groups excluding carboxylic acids is 1. The highest BCUT2D eigenvalue weighted by Crippen LogP contribution is 2.09. The van der Waals surface area contributed by atoms with Crippen LogP contribution in [0.4, 0.5) is 0 Å².